The molecule has 0 spiro atoms. The summed E-state index contributed by atoms with van der Waals surface area (Å²) < 4.78 is 19.6. The van der Waals surface area contributed by atoms with Crippen molar-refractivity contribution in [2.24, 2.45) is 0 Å². The summed E-state index contributed by atoms with van der Waals surface area (Å²) in [6.45, 7) is 4.94. The number of aromatic nitrogens is 2. The van der Waals surface area contributed by atoms with Crippen LogP contribution in [0, 0.1) is 12.7 Å². The van der Waals surface area contributed by atoms with Crippen LogP contribution in [0.3, 0.4) is 0 Å². The van der Waals surface area contributed by atoms with Gasteiger partial charge in [-0.25, -0.2) is 9.37 Å². The largest absolute Gasteiger partial charge is 0.442 e. The lowest BCUT2D eigenvalue weighted by Crippen LogP contribution is -2.48. The van der Waals surface area contributed by atoms with Crippen molar-refractivity contribution >= 4 is 28.3 Å². The van der Waals surface area contributed by atoms with Crippen LogP contribution >= 0.6 is 11.3 Å². The van der Waals surface area contributed by atoms with E-state index in [1.807, 2.05) is 18.2 Å². The number of hydrogen-bond donors (Lipinski definition) is 1. The maximum Gasteiger partial charge on any atom is 0.262 e. The highest BCUT2D eigenvalue weighted by Crippen LogP contribution is 2.31. The van der Waals surface area contributed by atoms with Gasteiger partial charge in [0.2, 0.25) is 5.71 Å². The van der Waals surface area contributed by atoms with Gasteiger partial charge in [-0.1, -0.05) is 18.2 Å². The van der Waals surface area contributed by atoms with Crippen LogP contribution in [-0.2, 0) is 6.54 Å². The molecule has 164 valence electrons. The summed E-state index contributed by atoms with van der Waals surface area (Å²) in [6, 6.07) is 10.8. The summed E-state index contributed by atoms with van der Waals surface area (Å²) in [5, 5.41) is 0.205. The highest BCUT2D eigenvalue weighted by atomic mass is 32.1. The van der Waals surface area contributed by atoms with Gasteiger partial charge in [-0.2, -0.15) is 0 Å². The summed E-state index contributed by atoms with van der Waals surface area (Å²) in [5.41, 5.74) is 0.704. The van der Waals surface area contributed by atoms with Gasteiger partial charge in [0, 0.05) is 48.0 Å². The molecule has 5 rings (SSSR count). The summed E-state index contributed by atoms with van der Waals surface area (Å²) in [4.78, 5) is 38.0. The first-order chi connectivity index (χ1) is 15.5. The fourth-order valence-electron chi connectivity index (χ4n) is 4.07. The highest BCUT2D eigenvalue weighted by Gasteiger charge is 2.28. The first-order valence-corrected chi connectivity index (χ1v) is 11.1. The van der Waals surface area contributed by atoms with Crippen LogP contribution in [0.1, 0.15) is 21.0 Å². The second-order valence-corrected chi connectivity index (χ2v) is 8.93. The average molecular weight is 453 g/mol. The van der Waals surface area contributed by atoms with Gasteiger partial charge in [-0.05, 0) is 25.1 Å². The maximum absolute atomic E-state index is 14.1. The quantitative estimate of drug-likeness (QED) is 0.511. The molecular formula is C23H21FN4O3S. The van der Waals surface area contributed by atoms with Crippen molar-refractivity contribution in [3.63, 3.8) is 0 Å². The van der Waals surface area contributed by atoms with Crippen LogP contribution < -0.4 is 5.56 Å². The number of furan rings is 1. The van der Waals surface area contributed by atoms with Crippen LogP contribution in [-0.4, -0.2) is 51.9 Å². The van der Waals surface area contributed by atoms with Crippen molar-refractivity contribution in [3.05, 3.63) is 75.1 Å². The molecule has 1 aliphatic heterocycles. The Labute approximate surface area is 187 Å². The molecule has 0 unspecified atom stereocenters. The minimum Gasteiger partial charge on any atom is -0.442 e. The molecule has 4 heterocycles. The number of aryl methyl sites for hydroxylation is 1. The highest BCUT2D eigenvalue weighted by molar-refractivity contribution is 7.15. The molecule has 7 nitrogen and oxygen atoms in total. The second kappa shape index (κ2) is 8.33. The number of carbonyl (C=O) groups is 1. The molecule has 0 bridgehead atoms. The molecule has 3 aromatic heterocycles. The number of aromatic amines is 1. The van der Waals surface area contributed by atoms with E-state index < -0.39 is 0 Å². The number of carbonyl (C=O) groups excluding carboxylic acids is 1. The van der Waals surface area contributed by atoms with Crippen molar-refractivity contribution in [2.75, 3.05) is 26.2 Å². The van der Waals surface area contributed by atoms with E-state index >= 15 is 0 Å². The van der Waals surface area contributed by atoms with Gasteiger partial charge < -0.3 is 14.3 Å². The predicted octanol–water partition coefficient (Wildman–Crippen LogP) is 3.65. The normalized spacial score (nSPS) is 14.9. The number of nitrogens with one attached hydrogen (secondary N) is 1. The van der Waals surface area contributed by atoms with E-state index in [4.69, 9.17) is 4.42 Å². The third kappa shape index (κ3) is 3.74. The van der Waals surface area contributed by atoms with Gasteiger partial charge in [0.05, 0.1) is 11.9 Å². The molecule has 0 radical (unpaired) electrons. The van der Waals surface area contributed by atoms with Crippen LogP contribution in [0.15, 0.2) is 51.9 Å². The van der Waals surface area contributed by atoms with Gasteiger partial charge in [0.15, 0.2) is 0 Å². The van der Waals surface area contributed by atoms with Gasteiger partial charge in [0.1, 0.15) is 17.0 Å². The molecule has 0 aliphatic carbocycles. The Hall–Kier alpha value is -3.30. The summed E-state index contributed by atoms with van der Waals surface area (Å²) in [6.07, 6.45) is 1.27. The van der Waals surface area contributed by atoms with Gasteiger partial charge >= 0.3 is 0 Å². The van der Waals surface area contributed by atoms with E-state index in [0.29, 0.717) is 37.5 Å². The Morgan fingerprint density at radius 2 is 1.97 bits per heavy atom. The summed E-state index contributed by atoms with van der Waals surface area (Å²) in [7, 11) is 0. The number of nitrogens with zero attached hydrogens (tertiary/aromatic N) is 3. The zero-order valence-corrected chi connectivity index (χ0v) is 18.2. The predicted molar refractivity (Wildman–Crippen MR) is 120 cm³/mol. The first-order valence-electron chi connectivity index (χ1n) is 10.3. The Balaban J connectivity index is 1.26. The minimum atomic E-state index is -0.378. The molecule has 32 heavy (non-hydrogen) atoms. The first kappa shape index (κ1) is 20.6. The van der Waals surface area contributed by atoms with Crippen molar-refractivity contribution in [1.82, 2.24) is 19.8 Å². The van der Waals surface area contributed by atoms with E-state index in [1.54, 1.807) is 35.3 Å². The molecule has 0 atom stereocenters. The molecule has 0 saturated carbocycles. The Kier molecular flexibility index (Phi) is 5.36. The monoisotopic (exact) mass is 452 g/mol. The number of thiophene rings is 1. The fourth-order valence-corrected chi connectivity index (χ4v) is 5.14. The SMILES string of the molecule is Cc1oc2nc[nH]c(=O)c2c1C(=O)N1CCN(Cc2ccc(-c3ccccc3F)s2)CC1. The Bertz CT molecular complexity index is 1350. The van der Waals surface area contributed by atoms with E-state index in [9.17, 15) is 14.0 Å². The molecule has 9 heteroatoms. The zero-order chi connectivity index (χ0) is 22.2. The van der Waals surface area contributed by atoms with Crippen LogP contribution in [0.2, 0.25) is 0 Å². The number of amides is 1. The fraction of sp³-hybridized carbons (Fsp3) is 0.261. The smallest absolute Gasteiger partial charge is 0.262 e. The van der Waals surface area contributed by atoms with E-state index in [0.717, 1.165) is 16.3 Å². The second-order valence-electron chi connectivity index (χ2n) is 7.76. The molecule has 1 N–H and O–H groups in total. The number of piperazine rings is 1. The van der Waals surface area contributed by atoms with Crippen molar-refractivity contribution in [2.45, 2.75) is 13.5 Å². The van der Waals surface area contributed by atoms with Gasteiger partial charge in [-0.15, -0.1) is 11.3 Å². The average Bonchev–Trinajstić information content (AvgIpc) is 3.38. The molecule has 1 saturated heterocycles. The van der Waals surface area contributed by atoms with Gasteiger partial charge in [-0.3, -0.25) is 14.5 Å². The van der Waals surface area contributed by atoms with E-state index in [1.165, 1.54) is 12.4 Å². The van der Waals surface area contributed by atoms with Crippen molar-refractivity contribution in [3.8, 4) is 10.4 Å². The molecular weight excluding hydrogens is 431 g/mol. The minimum absolute atomic E-state index is 0.177. The third-order valence-electron chi connectivity index (χ3n) is 5.72. The lowest BCUT2D eigenvalue weighted by Gasteiger charge is -2.34. The number of hydrogen-bond acceptors (Lipinski definition) is 6. The lowest BCUT2D eigenvalue weighted by atomic mass is 10.1. The number of H-pyrrole nitrogens is 1. The van der Waals surface area contributed by atoms with Crippen LogP contribution in [0.4, 0.5) is 4.39 Å². The van der Waals surface area contributed by atoms with Crippen LogP contribution in [0.5, 0.6) is 0 Å². The number of benzene rings is 1. The Morgan fingerprint density at radius 1 is 1.19 bits per heavy atom. The Morgan fingerprint density at radius 3 is 2.75 bits per heavy atom. The molecule has 4 aromatic rings. The number of fused-ring (bicyclic) bond motifs is 1. The molecule has 1 amide bonds. The van der Waals surface area contributed by atoms with E-state index in [2.05, 4.69) is 14.9 Å². The lowest BCUT2D eigenvalue weighted by molar-refractivity contribution is 0.0629. The molecule has 1 aliphatic rings. The summed E-state index contributed by atoms with van der Waals surface area (Å²) in [5.74, 6) is -0.0302. The summed E-state index contributed by atoms with van der Waals surface area (Å²) >= 11 is 1.58. The standard InChI is InChI=1S/C23H21FN4O3S/c1-14-19(20-21(29)25-13-26-22(20)31-14)23(30)28-10-8-27(9-11-28)12-15-6-7-18(32-15)16-4-2-3-5-17(16)24/h2-7,13H,8-12H2,1H3,(H,25,26,29). The van der Waals surface area contributed by atoms with Crippen LogP contribution in [0.25, 0.3) is 21.5 Å². The van der Waals surface area contributed by atoms with Crippen molar-refractivity contribution < 1.29 is 13.6 Å². The number of rotatable bonds is 4. The van der Waals surface area contributed by atoms with Gasteiger partial charge in [0.25, 0.3) is 11.5 Å². The molecule has 1 aromatic carbocycles. The topological polar surface area (TPSA) is 82.4 Å². The maximum atomic E-state index is 14.1. The molecule has 1 fully saturated rings. The third-order valence-corrected chi connectivity index (χ3v) is 6.83. The number of halogens is 1. The van der Waals surface area contributed by atoms with E-state index in [-0.39, 0.29) is 33.9 Å². The van der Waals surface area contributed by atoms with Crippen molar-refractivity contribution in [1.29, 1.82) is 0 Å². The zero-order valence-electron chi connectivity index (χ0n) is 17.4.